The Kier molecular flexibility index (Phi) is 4.38. The van der Waals surface area contributed by atoms with Crippen molar-refractivity contribution in [3.63, 3.8) is 0 Å². The van der Waals surface area contributed by atoms with Gasteiger partial charge in [-0.3, -0.25) is 14.7 Å². The largest absolute Gasteiger partial charge is 0.466 e. The van der Waals surface area contributed by atoms with E-state index < -0.39 is 0 Å². The number of carbonyl (C=O) groups excluding carboxylic acids is 2. The topological polar surface area (TPSA) is 75.3 Å². The average molecular weight is 326 g/mol. The Morgan fingerprint density at radius 2 is 2.18 bits per heavy atom. The van der Waals surface area contributed by atoms with Gasteiger partial charge in [-0.15, -0.1) is 0 Å². The molecule has 6 nitrogen and oxygen atoms in total. The smallest absolute Gasteiger partial charge is 0.310 e. The van der Waals surface area contributed by atoms with Crippen LogP contribution in [-0.2, 0) is 9.53 Å². The van der Waals surface area contributed by atoms with Gasteiger partial charge in [0, 0.05) is 19.0 Å². The normalized spacial score (nSPS) is 21.7. The van der Waals surface area contributed by atoms with E-state index in [1.807, 2.05) is 0 Å². The summed E-state index contributed by atoms with van der Waals surface area (Å²) in [6, 6.07) is 0. The molecule has 2 aliphatic rings. The highest BCUT2D eigenvalue weighted by Gasteiger charge is 2.34. The molecule has 1 aromatic rings. The van der Waals surface area contributed by atoms with E-state index in [0.717, 1.165) is 31.4 Å². The number of esters is 1. The minimum Gasteiger partial charge on any atom is -0.466 e. The molecule has 1 saturated carbocycles. The number of hydrogen-bond donors (Lipinski definition) is 1. The fourth-order valence-corrected chi connectivity index (χ4v) is 3.21. The Hall–Kier alpha value is -1.56. The summed E-state index contributed by atoms with van der Waals surface area (Å²) in [6.07, 6.45) is 3.71. The Balaban J connectivity index is 1.70. The fraction of sp³-hybridized carbons (Fsp3) is 0.667. The van der Waals surface area contributed by atoms with Crippen molar-refractivity contribution in [1.82, 2.24) is 15.1 Å². The van der Waals surface area contributed by atoms with Crippen LogP contribution in [0.15, 0.2) is 0 Å². The molecular weight excluding hydrogens is 306 g/mol. The van der Waals surface area contributed by atoms with Crippen molar-refractivity contribution in [2.45, 2.75) is 38.5 Å². The van der Waals surface area contributed by atoms with E-state index in [0.29, 0.717) is 30.6 Å². The molecule has 2 heterocycles. The van der Waals surface area contributed by atoms with Gasteiger partial charge in [0.05, 0.1) is 23.2 Å². The lowest BCUT2D eigenvalue weighted by atomic mass is 9.98. The van der Waals surface area contributed by atoms with Gasteiger partial charge in [0.1, 0.15) is 0 Å². The molecule has 7 heteroatoms. The minimum atomic E-state index is -0.252. The minimum absolute atomic E-state index is 0.206. The number of piperidine rings is 1. The summed E-state index contributed by atoms with van der Waals surface area (Å²) in [6.45, 7) is 3.14. The molecule has 0 bridgehead atoms. The molecule has 0 aromatic carbocycles. The van der Waals surface area contributed by atoms with Crippen LogP contribution in [0.3, 0.4) is 0 Å². The van der Waals surface area contributed by atoms with Crippen molar-refractivity contribution in [3.8, 4) is 0 Å². The molecule has 120 valence electrons. The van der Waals surface area contributed by atoms with Crippen LogP contribution in [0.2, 0.25) is 5.02 Å². The lowest BCUT2D eigenvalue weighted by Crippen LogP contribution is -2.43. The molecule has 0 spiro atoms. The first-order valence-corrected chi connectivity index (χ1v) is 8.19. The molecule has 22 heavy (non-hydrogen) atoms. The number of likely N-dealkylation sites (tertiary alicyclic amines) is 1. The van der Waals surface area contributed by atoms with Gasteiger partial charge in [-0.25, -0.2) is 0 Å². The van der Waals surface area contributed by atoms with Gasteiger partial charge >= 0.3 is 5.97 Å². The molecule has 3 rings (SSSR count). The molecule has 1 aliphatic carbocycles. The van der Waals surface area contributed by atoms with E-state index in [9.17, 15) is 9.59 Å². The monoisotopic (exact) mass is 325 g/mol. The maximum atomic E-state index is 12.6. The average Bonchev–Trinajstić information content (AvgIpc) is 3.30. The third-order valence-corrected chi connectivity index (χ3v) is 4.63. The molecule has 0 radical (unpaired) electrons. The Bertz CT molecular complexity index is 583. The second-order valence-corrected chi connectivity index (χ2v) is 6.29. The molecule has 1 atom stereocenters. The first kappa shape index (κ1) is 15.3. The number of amides is 1. The summed E-state index contributed by atoms with van der Waals surface area (Å²) in [4.78, 5) is 26.1. The van der Waals surface area contributed by atoms with E-state index >= 15 is 0 Å². The SMILES string of the molecule is CCOC(=O)[C@H]1CCCN(C(=O)c2n[nH]c(C3CC3)c2Cl)C1. The number of halogens is 1. The number of aromatic amines is 1. The Morgan fingerprint density at radius 1 is 1.41 bits per heavy atom. The van der Waals surface area contributed by atoms with Crippen LogP contribution in [0, 0.1) is 5.92 Å². The second-order valence-electron chi connectivity index (χ2n) is 5.92. The molecule has 0 unspecified atom stereocenters. The number of hydrogen-bond acceptors (Lipinski definition) is 4. The molecule has 2 fully saturated rings. The van der Waals surface area contributed by atoms with Gasteiger partial charge in [0.2, 0.25) is 0 Å². The summed E-state index contributed by atoms with van der Waals surface area (Å²) in [7, 11) is 0. The van der Waals surface area contributed by atoms with Crippen LogP contribution >= 0.6 is 11.6 Å². The number of aromatic nitrogens is 2. The maximum absolute atomic E-state index is 12.6. The highest BCUT2D eigenvalue weighted by molar-refractivity contribution is 6.34. The predicted octanol–water partition coefficient (Wildman–Crippen LogP) is 2.36. The van der Waals surface area contributed by atoms with E-state index in [1.54, 1.807) is 11.8 Å². The summed E-state index contributed by atoms with van der Waals surface area (Å²) in [5, 5.41) is 7.42. The zero-order chi connectivity index (χ0) is 15.7. The first-order valence-electron chi connectivity index (χ1n) is 7.81. The van der Waals surface area contributed by atoms with Crippen molar-refractivity contribution >= 4 is 23.5 Å². The van der Waals surface area contributed by atoms with Crippen LogP contribution in [-0.4, -0.2) is 46.7 Å². The first-order chi connectivity index (χ1) is 10.6. The van der Waals surface area contributed by atoms with Crippen LogP contribution in [0.5, 0.6) is 0 Å². The third-order valence-electron chi connectivity index (χ3n) is 4.25. The summed E-state index contributed by atoms with van der Waals surface area (Å²) in [5.74, 6) is -0.276. The van der Waals surface area contributed by atoms with E-state index in [-0.39, 0.29) is 23.5 Å². The van der Waals surface area contributed by atoms with Gasteiger partial charge in [-0.05, 0) is 32.6 Å². The Labute approximate surface area is 134 Å². The van der Waals surface area contributed by atoms with Gasteiger partial charge in [0.25, 0.3) is 5.91 Å². The summed E-state index contributed by atoms with van der Waals surface area (Å²) in [5.41, 5.74) is 1.14. The number of H-pyrrole nitrogens is 1. The second kappa shape index (κ2) is 6.28. The summed E-state index contributed by atoms with van der Waals surface area (Å²) >= 11 is 6.29. The van der Waals surface area contributed by atoms with Gasteiger partial charge < -0.3 is 9.64 Å². The number of carbonyl (C=O) groups is 2. The molecular formula is C15H20ClN3O3. The van der Waals surface area contributed by atoms with E-state index in [1.165, 1.54) is 0 Å². The van der Waals surface area contributed by atoms with Crippen molar-refractivity contribution in [2.24, 2.45) is 5.92 Å². The molecule has 1 aromatic heterocycles. The lowest BCUT2D eigenvalue weighted by Gasteiger charge is -2.31. The quantitative estimate of drug-likeness (QED) is 0.862. The van der Waals surface area contributed by atoms with Crippen LogP contribution in [0.4, 0.5) is 0 Å². The number of nitrogens with one attached hydrogen (secondary N) is 1. The number of nitrogens with zero attached hydrogens (tertiary/aromatic N) is 2. The maximum Gasteiger partial charge on any atom is 0.310 e. The van der Waals surface area contributed by atoms with Crippen molar-refractivity contribution in [2.75, 3.05) is 19.7 Å². The van der Waals surface area contributed by atoms with E-state index in [4.69, 9.17) is 16.3 Å². The lowest BCUT2D eigenvalue weighted by molar-refractivity contribution is -0.149. The van der Waals surface area contributed by atoms with Crippen LogP contribution < -0.4 is 0 Å². The zero-order valence-corrected chi connectivity index (χ0v) is 13.4. The fourth-order valence-electron chi connectivity index (χ4n) is 2.89. The van der Waals surface area contributed by atoms with E-state index in [2.05, 4.69) is 10.2 Å². The van der Waals surface area contributed by atoms with Gasteiger partial charge in [-0.1, -0.05) is 11.6 Å². The zero-order valence-electron chi connectivity index (χ0n) is 12.6. The van der Waals surface area contributed by atoms with Crippen molar-refractivity contribution in [3.05, 3.63) is 16.4 Å². The molecule has 1 aliphatic heterocycles. The van der Waals surface area contributed by atoms with Crippen molar-refractivity contribution in [1.29, 1.82) is 0 Å². The number of rotatable bonds is 4. The molecule has 1 N–H and O–H groups in total. The third kappa shape index (κ3) is 2.97. The van der Waals surface area contributed by atoms with Gasteiger partial charge in [-0.2, -0.15) is 5.10 Å². The predicted molar refractivity (Wildman–Crippen MR) is 80.8 cm³/mol. The number of ether oxygens (including phenoxy) is 1. The molecule has 1 amide bonds. The van der Waals surface area contributed by atoms with Gasteiger partial charge in [0.15, 0.2) is 5.69 Å². The molecule has 1 saturated heterocycles. The van der Waals surface area contributed by atoms with Crippen LogP contribution in [0.1, 0.15) is 54.7 Å². The Morgan fingerprint density at radius 3 is 2.86 bits per heavy atom. The van der Waals surface area contributed by atoms with Crippen molar-refractivity contribution < 1.29 is 14.3 Å². The summed E-state index contributed by atoms with van der Waals surface area (Å²) < 4.78 is 5.06. The highest BCUT2D eigenvalue weighted by atomic mass is 35.5. The highest BCUT2D eigenvalue weighted by Crippen LogP contribution is 2.43. The van der Waals surface area contributed by atoms with Crippen LogP contribution in [0.25, 0.3) is 0 Å². The standard InChI is InChI=1S/C15H20ClN3O3/c1-2-22-15(21)10-4-3-7-19(8-10)14(20)13-11(16)12(17-18-13)9-5-6-9/h9-10H,2-8H2,1H3,(H,17,18)/t10-/m0/s1.